The van der Waals surface area contributed by atoms with E-state index >= 15 is 0 Å². The molecule has 0 spiro atoms. The molecular weight excluding hydrogens is 263 g/mol. The number of hydrogen-bond acceptors (Lipinski definition) is 3. The molecular formula is C16H21BN2O2. The van der Waals surface area contributed by atoms with Crippen LogP contribution in [0.4, 0.5) is 0 Å². The van der Waals surface area contributed by atoms with Crippen LogP contribution in [0.5, 0.6) is 0 Å². The smallest absolute Gasteiger partial charge is 0.399 e. The maximum absolute atomic E-state index is 6.06. The van der Waals surface area contributed by atoms with Gasteiger partial charge in [-0.1, -0.05) is 12.1 Å². The van der Waals surface area contributed by atoms with Crippen molar-refractivity contribution < 1.29 is 9.31 Å². The first-order valence-electron chi connectivity index (χ1n) is 7.27. The average Bonchev–Trinajstić information content (AvgIpc) is 2.92. The standard InChI is InChI=1S/C16H21BN2O2/c1-12-10-11-19(18-12)14-8-6-13(7-9-14)17-20-15(2,3)16(4,5)21-17/h6-11H,1-5H3. The van der Waals surface area contributed by atoms with Gasteiger partial charge in [-0.05, 0) is 58.3 Å². The molecule has 1 saturated heterocycles. The Kier molecular flexibility index (Phi) is 3.22. The zero-order chi connectivity index (χ0) is 15.3. The van der Waals surface area contributed by atoms with Crippen LogP contribution in [0, 0.1) is 6.92 Å². The molecule has 110 valence electrons. The van der Waals surface area contributed by atoms with E-state index < -0.39 is 0 Å². The predicted molar refractivity (Wildman–Crippen MR) is 84.0 cm³/mol. The quantitative estimate of drug-likeness (QED) is 0.795. The highest BCUT2D eigenvalue weighted by molar-refractivity contribution is 6.62. The molecule has 1 aromatic heterocycles. The van der Waals surface area contributed by atoms with Crippen molar-refractivity contribution in [2.45, 2.75) is 45.8 Å². The first-order valence-corrected chi connectivity index (χ1v) is 7.27. The van der Waals surface area contributed by atoms with Crippen LogP contribution >= 0.6 is 0 Å². The van der Waals surface area contributed by atoms with Gasteiger partial charge in [0, 0.05) is 6.20 Å². The molecule has 1 aliphatic heterocycles. The Morgan fingerprint density at radius 2 is 1.52 bits per heavy atom. The lowest BCUT2D eigenvalue weighted by molar-refractivity contribution is 0.00578. The van der Waals surface area contributed by atoms with E-state index in [4.69, 9.17) is 9.31 Å². The second kappa shape index (κ2) is 4.72. The summed E-state index contributed by atoms with van der Waals surface area (Å²) in [5.74, 6) is 0. The number of hydrogen-bond donors (Lipinski definition) is 0. The van der Waals surface area contributed by atoms with Gasteiger partial charge < -0.3 is 9.31 Å². The Balaban J connectivity index is 1.83. The molecule has 4 nitrogen and oxygen atoms in total. The highest BCUT2D eigenvalue weighted by atomic mass is 16.7. The van der Waals surface area contributed by atoms with Crippen LogP contribution < -0.4 is 5.46 Å². The number of rotatable bonds is 2. The number of nitrogens with zero attached hydrogens (tertiary/aromatic N) is 2. The monoisotopic (exact) mass is 284 g/mol. The fourth-order valence-electron chi connectivity index (χ4n) is 2.32. The van der Waals surface area contributed by atoms with Crippen LogP contribution in [0.3, 0.4) is 0 Å². The Morgan fingerprint density at radius 3 is 2.00 bits per heavy atom. The SMILES string of the molecule is Cc1ccn(-c2ccc(B3OC(C)(C)C(C)(C)O3)cc2)n1. The molecule has 0 saturated carbocycles. The molecule has 2 heterocycles. The molecule has 0 aliphatic carbocycles. The molecule has 1 aromatic carbocycles. The topological polar surface area (TPSA) is 36.3 Å². The second-order valence-electron chi connectivity index (χ2n) is 6.58. The van der Waals surface area contributed by atoms with Gasteiger partial charge in [0.15, 0.2) is 0 Å². The summed E-state index contributed by atoms with van der Waals surface area (Å²) < 4.78 is 14.0. The van der Waals surface area contributed by atoms with Gasteiger partial charge in [-0.3, -0.25) is 0 Å². The highest BCUT2D eigenvalue weighted by Crippen LogP contribution is 2.36. The second-order valence-corrected chi connectivity index (χ2v) is 6.58. The van der Waals surface area contributed by atoms with Crippen molar-refractivity contribution in [1.29, 1.82) is 0 Å². The lowest BCUT2D eigenvalue weighted by atomic mass is 9.79. The van der Waals surface area contributed by atoms with Crippen LogP contribution in [0.15, 0.2) is 36.5 Å². The summed E-state index contributed by atoms with van der Waals surface area (Å²) in [6, 6.07) is 10.1. The summed E-state index contributed by atoms with van der Waals surface area (Å²) in [5, 5.41) is 4.41. The van der Waals surface area contributed by atoms with Gasteiger partial charge in [0.05, 0.1) is 22.6 Å². The molecule has 0 N–H and O–H groups in total. The summed E-state index contributed by atoms with van der Waals surface area (Å²) in [4.78, 5) is 0. The van der Waals surface area contributed by atoms with Crippen molar-refractivity contribution in [3.05, 3.63) is 42.2 Å². The summed E-state index contributed by atoms with van der Waals surface area (Å²) >= 11 is 0. The first kappa shape index (κ1) is 14.4. The first-order chi connectivity index (χ1) is 9.78. The average molecular weight is 284 g/mol. The summed E-state index contributed by atoms with van der Waals surface area (Å²) in [5.41, 5.74) is 2.44. The van der Waals surface area contributed by atoms with E-state index in [0.717, 1.165) is 16.8 Å². The molecule has 21 heavy (non-hydrogen) atoms. The molecule has 0 unspecified atom stereocenters. The predicted octanol–water partition coefficient (Wildman–Crippen LogP) is 2.48. The van der Waals surface area contributed by atoms with Crippen molar-refractivity contribution >= 4 is 12.6 Å². The number of benzene rings is 1. The van der Waals surface area contributed by atoms with Crippen LogP contribution in [-0.4, -0.2) is 28.1 Å². The maximum Gasteiger partial charge on any atom is 0.494 e. The molecule has 1 aliphatic rings. The fraction of sp³-hybridized carbons (Fsp3) is 0.438. The number of aromatic nitrogens is 2. The van der Waals surface area contributed by atoms with E-state index in [0.29, 0.717) is 0 Å². The largest absolute Gasteiger partial charge is 0.494 e. The summed E-state index contributed by atoms with van der Waals surface area (Å²) in [6.07, 6.45) is 1.96. The Morgan fingerprint density at radius 1 is 0.952 bits per heavy atom. The van der Waals surface area contributed by atoms with E-state index in [1.54, 1.807) is 0 Å². The zero-order valence-electron chi connectivity index (χ0n) is 13.3. The molecule has 2 aromatic rings. The third-order valence-corrected chi connectivity index (χ3v) is 4.41. The van der Waals surface area contributed by atoms with Crippen molar-refractivity contribution in [3.8, 4) is 5.69 Å². The fourth-order valence-corrected chi connectivity index (χ4v) is 2.32. The third-order valence-electron chi connectivity index (χ3n) is 4.41. The van der Waals surface area contributed by atoms with E-state index in [9.17, 15) is 0 Å². The van der Waals surface area contributed by atoms with Gasteiger partial charge in [0.25, 0.3) is 0 Å². The zero-order valence-corrected chi connectivity index (χ0v) is 13.3. The minimum absolute atomic E-state index is 0.310. The van der Waals surface area contributed by atoms with E-state index in [2.05, 4.69) is 32.8 Å². The molecule has 0 bridgehead atoms. The van der Waals surface area contributed by atoms with Crippen molar-refractivity contribution in [2.24, 2.45) is 0 Å². The van der Waals surface area contributed by atoms with Gasteiger partial charge in [-0.15, -0.1) is 0 Å². The molecule has 3 rings (SSSR count). The van der Waals surface area contributed by atoms with Crippen LogP contribution in [0.2, 0.25) is 0 Å². The normalized spacial score (nSPS) is 20.0. The van der Waals surface area contributed by atoms with Crippen molar-refractivity contribution in [3.63, 3.8) is 0 Å². The van der Waals surface area contributed by atoms with Crippen molar-refractivity contribution in [1.82, 2.24) is 9.78 Å². The van der Waals surface area contributed by atoms with Crippen LogP contribution in [0.25, 0.3) is 5.69 Å². The highest BCUT2D eigenvalue weighted by Gasteiger charge is 2.51. The lowest BCUT2D eigenvalue weighted by Crippen LogP contribution is -2.41. The van der Waals surface area contributed by atoms with Gasteiger partial charge in [-0.25, -0.2) is 4.68 Å². The molecule has 0 radical (unpaired) electrons. The molecule has 0 atom stereocenters. The van der Waals surface area contributed by atoms with E-state index in [1.807, 2.05) is 48.1 Å². The summed E-state index contributed by atoms with van der Waals surface area (Å²) in [7, 11) is -0.316. The van der Waals surface area contributed by atoms with Gasteiger partial charge in [0.2, 0.25) is 0 Å². The van der Waals surface area contributed by atoms with Crippen molar-refractivity contribution in [2.75, 3.05) is 0 Å². The minimum atomic E-state index is -0.316. The maximum atomic E-state index is 6.06. The Bertz CT molecular complexity index is 631. The van der Waals surface area contributed by atoms with E-state index in [-0.39, 0.29) is 18.3 Å². The Labute approximate surface area is 126 Å². The summed E-state index contributed by atoms with van der Waals surface area (Å²) in [6.45, 7) is 10.2. The Hall–Kier alpha value is -1.59. The van der Waals surface area contributed by atoms with Crippen LogP contribution in [-0.2, 0) is 9.31 Å². The molecule has 5 heteroatoms. The van der Waals surface area contributed by atoms with Crippen LogP contribution in [0.1, 0.15) is 33.4 Å². The minimum Gasteiger partial charge on any atom is -0.399 e. The van der Waals surface area contributed by atoms with E-state index in [1.165, 1.54) is 0 Å². The number of aryl methyl sites for hydroxylation is 1. The van der Waals surface area contributed by atoms with Gasteiger partial charge in [0.1, 0.15) is 0 Å². The van der Waals surface area contributed by atoms with Gasteiger partial charge in [-0.2, -0.15) is 5.10 Å². The van der Waals surface area contributed by atoms with Gasteiger partial charge >= 0.3 is 7.12 Å². The molecule has 0 amide bonds. The molecule has 1 fully saturated rings. The lowest BCUT2D eigenvalue weighted by Gasteiger charge is -2.32. The third kappa shape index (κ3) is 2.52.